The lowest BCUT2D eigenvalue weighted by molar-refractivity contribution is 0.0301. The van der Waals surface area contributed by atoms with Gasteiger partial charge in [0, 0.05) is 31.2 Å². The molecular formula is C17H21N3O5S. The van der Waals surface area contributed by atoms with E-state index in [9.17, 15) is 18.0 Å². The molecule has 26 heavy (non-hydrogen) atoms. The molecule has 0 unspecified atom stereocenters. The van der Waals surface area contributed by atoms with Crippen molar-refractivity contribution in [2.45, 2.75) is 18.4 Å². The number of aryl methyl sites for hydroxylation is 1. The van der Waals surface area contributed by atoms with Gasteiger partial charge in [-0.15, -0.1) is 0 Å². The summed E-state index contributed by atoms with van der Waals surface area (Å²) in [6, 6.07) is 4.36. The van der Waals surface area contributed by atoms with Crippen LogP contribution in [0.25, 0.3) is 10.9 Å². The van der Waals surface area contributed by atoms with Crippen LogP contribution in [0.2, 0.25) is 0 Å². The van der Waals surface area contributed by atoms with Crippen LogP contribution < -0.4 is 10.2 Å². The number of rotatable bonds is 4. The van der Waals surface area contributed by atoms with Gasteiger partial charge in [0.25, 0.3) is 5.91 Å². The summed E-state index contributed by atoms with van der Waals surface area (Å²) in [6.07, 6.45) is 1.55. The highest BCUT2D eigenvalue weighted by atomic mass is 32.2. The lowest BCUT2D eigenvalue weighted by atomic mass is 10.1. The van der Waals surface area contributed by atoms with Crippen molar-refractivity contribution in [2.75, 3.05) is 33.4 Å². The van der Waals surface area contributed by atoms with E-state index in [0.717, 1.165) is 0 Å². The maximum atomic E-state index is 12.9. The largest absolute Gasteiger partial charge is 0.378 e. The van der Waals surface area contributed by atoms with E-state index < -0.39 is 15.5 Å². The molecule has 0 bridgehead atoms. The number of fused-ring (bicyclic) bond motifs is 1. The van der Waals surface area contributed by atoms with Crippen LogP contribution in [0, 0.1) is 0 Å². The topological polar surface area (TPSA) is 97.7 Å². The lowest BCUT2D eigenvalue weighted by Crippen LogP contribution is -2.42. The van der Waals surface area contributed by atoms with Gasteiger partial charge in [0.15, 0.2) is 0 Å². The van der Waals surface area contributed by atoms with E-state index in [1.807, 2.05) is 6.92 Å². The fourth-order valence-corrected chi connectivity index (χ4v) is 3.77. The molecule has 1 N–H and O–H groups in total. The Hall–Kier alpha value is -2.23. The molecule has 0 atom stereocenters. The summed E-state index contributed by atoms with van der Waals surface area (Å²) in [5, 5.41) is 0.210. The Labute approximate surface area is 151 Å². The third kappa shape index (κ3) is 3.25. The zero-order valence-electron chi connectivity index (χ0n) is 14.7. The summed E-state index contributed by atoms with van der Waals surface area (Å²) in [5.41, 5.74) is 0.167. The molecule has 1 saturated heterocycles. The molecule has 1 aromatic carbocycles. The van der Waals surface area contributed by atoms with Crippen LogP contribution >= 0.6 is 0 Å². The maximum Gasteiger partial charge on any atom is 0.259 e. The first-order valence-electron chi connectivity index (χ1n) is 8.37. The summed E-state index contributed by atoms with van der Waals surface area (Å²) in [5.74, 6) is -0.357. The van der Waals surface area contributed by atoms with Crippen molar-refractivity contribution >= 4 is 26.8 Å². The van der Waals surface area contributed by atoms with Crippen LogP contribution in [-0.4, -0.2) is 57.1 Å². The highest BCUT2D eigenvalue weighted by Gasteiger charge is 2.23. The molecule has 140 valence electrons. The standard InChI is InChI=1S/C17H21N3O5S/c1-3-19-11-14(17(22)20-6-8-25-9-7-20)16(21)13-10-12(4-5-15(13)19)26(23,24)18-2/h4-5,10-11,18H,3,6-9H2,1-2H3. The number of hydrogen-bond donors (Lipinski definition) is 1. The Balaban J connectivity index is 2.20. The maximum absolute atomic E-state index is 12.9. The van der Waals surface area contributed by atoms with Gasteiger partial charge in [0.1, 0.15) is 5.56 Å². The lowest BCUT2D eigenvalue weighted by Gasteiger charge is -2.27. The fraction of sp³-hybridized carbons (Fsp3) is 0.412. The minimum absolute atomic E-state index is 0.0109. The van der Waals surface area contributed by atoms with E-state index in [4.69, 9.17) is 4.74 Å². The smallest absolute Gasteiger partial charge is 0.259 e. The van der Waals surface area contributed by atoms with Crippen LogP contribution in [0.15, 0.2) is 34.1 Å². The number of ether oxygens (including phenoxy) is 1. The molecular weight excluding hydrogens is 358 g/mol. The Bertz CT molecular complexity index is 1010. The van der Waals surface area contributed by atoms with Crippen molar-refractivity contribution in [3.8, 4) is 0 Å². The van der Waals surface area contributed by atoms with Crippen LogP contribution in [0.3, 0.4) is 0 Å². The van der Waals surface area contributed by atoms with Gasteiger partial charge in [-0.2, -0.15) is 0 Å². The van der Waals surface area contributed by atoms with E-state index in [0.29, 0.717) is 38.4 Å². The zero-order valence-corrected chi connectivity index (χ0v) is 15.5. The quantitative estimate of drug-likeness (QED) is 0.829. The number of morpholine rings is 1. The predicted octanol–water partition coefficient (Wildman–Crippen LogP) is 0.402. The van der Waals surface area contributed by atoms with E-state index in [2.05, 4.69) is 4.72 Å². The fourth-order valence-electron chi connectivity index (χ4n) is 3.01. The summed E-state index contributed by atoms with van der Waals surface area (Å²) >= 11 is 0. The second-order valence-corrected chi connectivity index (χ2v) is 7.84. The highest BCUT2D eigenvalue weighted by molar-refractivity contribution is 7.89. The minimum Gasteiger partial charge on any atom is -0.378 e. The molecule has 1 aliphatic rings. The summed E-state index contributed by atoms with van der Waals surface area (Å²) < 4.78 is 33.4. The molecule has 0 radical (unpaired) electrons. The molecule has 3 rings (SSSR count). The summed E-state index contributed by atoms with van der Waals surface area (Å²) in [6.45, 7) is 4.16. The number of amides is 1. The van der Waals surface area contributed by atoms with Crippen molar-refractivity contribution in [1.82, 2.24) is 14.2 Å². The number of carbonyl (C=O) groups excluding carboxylic acids is 1. The van der Waals surface area contributed by atoms with Gasteiger partial charge in [-0.1, -0.05) is 0 Å². The van der Waals surface area contributed by atoms with Gasteiger partial charge in [-0.05, 0) is 32.2 Å². The zero-order chi connectivity index (χ0) is 18.9. The molecule has 0 spiro atoms. The average Bonchev–Trinajstić information content (AvgIpc) is 2.68. The molecule has 0 aliphatic carbocycles. The molecule has 1 fully saturated rings. The van der Waals surface area contributed by atoms with E-state index in [1.54, 1.807) is 21.7 Å². The number of nitrogens with one attached hydrogen (secondary N) is 1. The Morgan fingerprint density at radius 2 is 1.96 bits per heavy atom. The molecule has 1 aliphatic heterocycles. The van der Waals surface area contributed by atoms with Crippen LogP contribution in [0.5, 0.6) is 0 Å². The van der Waals surface area contributed by atoms with Gasteiger partial charge in [-0.25, -0.2) is 13.1 Å². The number of hydrogen-bond acceptors (Lipinski definition) is 5. The third-order valence-corrected chi connectivity index (χ3v) is 5.91. The van der Waals surface area contributed by atoms with Gasteiger partial charge < -0.3 is 14.2 Å². The number of nitrogens with zero attached hydrogens (tertiary/aromatic N) is 2. The van der Waals surface area contributed by atoms with Gasteiger partial charge in [0.2, 0.25) is 15.5 Å². The third-order valence-electron chi connectivity index (χ3n) is 4.50. The van der Waals surface area contributed by atoms with Crippen LogP contribution in [0.1, 0.15) is 17.3 Å². The van der Waals surface area contributed by atoms with Gasteiger partial charge >= 0.3 is 0 Å². The Morgan fingerprint density at radius 3 is 2.58 bits per heavy atom. The molecule has 1 aromatic heterocycles. The van der Waals surface area contributed by atoms with Gasteiger partial charge in [-0.3, -0.25) is 9.59 Å². The van der Waals surface area contributed by atoms with Crippen LogP contribution in [-0.2, 0) is 21.3 Å². The highest BCUT2D eigenvalue weighted by Crippen LogP contribution is 2.18. The predicted molar refractivity (Wildman–Crippen MR) is 96.9 cm³/mol. The van der Waals surface area contributed by atoms with Crippen molar-refractivity contribution in [3.05, 3.63) is 40.2 Å². The molecule has 2 heterocycles. The second kappa shape index (κ2) is 7.18. The monoisotopic (exact) mass is 379 g/mol. The Kier molecular flexibility index (Phi) is 5.12. The normalized spacial score (nSPS) is 15.4. The average molecular weight is 379 g/mol. The SMILES string of the molecule is CCn1cc(C(=O)N2CCOCC2)c(=O)c2cc(S(=O)(=O)NC)ccc21. The first-order chi connectivity index (χ1) is 12.4. The summed E-state index contributed by atoms with van der Waals surface area (Å²) in [7, 11) is -2.38. The number of sulfonamides is 1. The Morgan fingerprint density at radius 1 is 1.27 bits per heavy atom. The van der Waals surface area contributed by atoms with E-state index in [1.165, 1.54) is 19.2 Å². The molecule has 8 nitrogen and oxygen atoms in total. The molecule has 9 heteroatoms. The molecule has 0 saturated carbocycles. The first-order valence-corrected chi connectivity index (χ1v) is 9.85. The van der Waals surface area contributed by atoms with Crippen molar-refractivity contribution in [2.24, 2.45) is 0 Å². The number of pyridine rings is 1. The van der Waals surface area contributed by atoms with E-state index >= 15 is 0 Å². The van der Waals surface area contributed by atoms with Crippen molar-refractivity contribution in [3.63, 3.8) is 0 Å². The number of aromatic nitrogens is 1. The second-order valence-electron chi connectivity index (χ2n) is 5.95. The minimum atomic E-state index is -3.69. The van der Waals surface area contributed by atoms with E-state index in [-0.39, 0.29) is 21.8 Å². The number of carbonyl (C=O) groups is 1. The first kappa shape index (κ1) is 18.6. The van der Waals surface area contributed by atoms with Crippen molar-refractivity contribution < 1.29 is 17.9 Å². The van der Waals surface area contributed by atoms with Gasteiger partial charge in [0.05, 0.1) is 23.6 Å². The molecule has 1 amide bonds. The van der Waals surface area contributed by atoms with Crippen LogP contribution in [0.4, 0.5) is 0 Å². The summed E-state index contributed by atoms with van der Waals surface area (Å²) in [4.78, 5) is 27.3. The number of benzene rings is 1. The molecule has 2 aromatic rings. The van der Waals surface area contributed by atoms with Crippen molar-refractivity contribution in [1.29, 1.82) is 0 Å².